The minimum Gasteiger partial charge on any atom is -0.345 e. The standard InChI is InChI=1S/C26H23BrFN3O/c27-24-10-4-5-11-25(24)29-26(32)31(18-20-7-2-1-3-8-20)19-23-9-6-16-30(23)17-21-12-14-22(28)15-13-21/h1-16H,17-19H2,(H,29,32). The first-order valence-electron chi connectivity index (χ1n) is 10.3. The van der Waals surface area contributed by atoms with E-state index in [1.54, 1.807) is 17.0 Å². The molecule has 1 heterocycles. The smallest absolute Gasteiger partial charge is 0.322 e. The van der Waals surface area contributed by atoms with E-state index in [1.807, 2.05) is 72.9 Å². The maximum Gasteiger partial charge on any atom is 0.322 e. The number of carbonyl (C=O) groups excluding carboxylic acids is 1. The number of nitrogens with one attached hydrogen (secondary N) is 1. The molecule has 162 valence electrons. The van der Waals surface area contributed by atoms with Gasteiger partial charge in [0.1, 0.15) is 5.82 Å². The van der Waals surface area contributed by atoms with Crippen LogP contribution in [-0.4, -0.2) is 15.5 Å². The maximum absolute atomic E-state index is 13.3. The summed E-state index contributed by atoms with van der Waals surface area (Å²) in [5.74, 6) is -0.251. The van der Waals surface area contributed by atoms with Gasteiger partial charge >= 0.3 is 6.03 Å². The van der Waals surface area contributed by atoms with E-state index in [0.29, 0.717) is 19.6 Å². The summed E-state index contributed by atoms with van der Waals surface area (Å²) < 4.78 is 16.2. The summed E-state index contributed by atoms with van der Waals surface area (Å²) in [6, 6.07) is 27.7. The number of para-hydroxylation sites is 1. The molecule has 4 aromatic rings. The average Bonchev–Trinajstić information content (AvgIpc) is 3.23. The molecule has 4 rings (SSSR count). The van der Waals surface area contributed by atoms with E-state index in [9.17, 15) is 9.18 Å². The van der Waals surface area contributed by atoms with Crippen LogP contribution in [0.4, 0.5) is 14.9 Å². The van der Waals surface area contributed by atoms with Crippen molar-refractivity contribution in [2.24, 2.45) is 0 Å². The third-order valence-electron chi connectivity index (χ3n) is 5.16. The zero-order valence-corrected chi connectivity index (χ0v) is 19.0. The number of hydrogen-bond donors (Lipinski definition) is 1. The Kier molecular flexibility index (Phi) is 7.02. The monoisotopic (exact) mass is 491 g/mol. The highest BCUT2D eigenvalue weighted by molar-refractivity contribution is 9.10. The van der Waals surface area contributed by atoms with E-state index in [1.165, 1.54) is 12.1 Å². The van der Waals surface area contributed by atoms with Crippen molar-refractivity contribution in [2.45, 2.75) is 19.6 Å². The molecule has 4 nitrogen and oxygen atoms in total. The molecule has 0 atom stereocenters. The summed E-state index contributed by atoms with van der Waals surface area (Å²) in [5, 5.41) is 3.01. The zero-order chi connectivity index (χ0) is 22.3. The molecule has 1 N–H and O–H groups in total. The summed E-state index contributed by atoms with van der Waals surface area (Å²) in [6.45, 7) is 1.51. The van der Waals surface area contributed by atoms with Crippen molar-refractivity contribution in [3.63, 3.8) is 0 Å². The number of benzene rings is 3. The predicted molar refractivity (Wildman–Crippen MR) is 129 cm³/mol. The van der Waals surface area contributed by atoms with Gasteiger partial charge in [-0.3, -0.25) is 0 Å². The number of halogens is 2. The minimum absolute atomic E-state index is 0.185. The summed E-state index contributed by atoms with van der Waals surface area (Å²) >= 11 is 3.49. The third kappa shape index (κ3) is 5.65. The van der Waals surface area contributed by atoms with E-state index in [0.717, 1.165) is 27.0 Å². The normalized spacial score (nSPS) is 10.7. The second-order valence-corrected chi connectivity index (χ2v) is 8.36. The van der Waals surface area contributed by atoms with Crippen molar-refractivity contribution < 1.29 is 9.18 Å². The Hall–Kier alpha value is -3.38. The Bertz CT molecular complexity index is 1180. The summed E-state index contributed by atoms with van der Waals surface area (Å²) in [6.07, 6.45) is 1.98. The molecule has 0 spiro atoms. The molecule has 0 radical (unpaired) electrons. The first-order chi connectivity index (χ1) is 15.6. The van der Waals surface area contributed by atoms with Gasteiger partial charge in [-0.15, -0.1) is 0 Å². The van der Waals surface area contributed by atoms with Crippen molar-refractivity contribution in [3.8, 4) is 0 Å². The van der Waals surface area contributed by atoms with Crippen molar-refractivity contribution in [1.82, 2.24) is 9.47 Å². The van der Waals surface area contributed by atoms with Gasteiger partial charge in [0.15, 0.2) is 0 Å². The number of hydrogen-bond acceptors (Lipinski definition) is 1. The number of nitrogens with zero attached hydrogens (tertiary/aromatic N) is 2. The van der Waals surface area contributed by atoms with Crippen molar-refractivity contribution in [2.75, 3.05) is 5.32 Å². The van der Waals surface area contributed by atoms with Gasteiger partial charge in [0.25, 0.3) is 0 Å². The Morgan fingerprint density at radius 3 is 2.31 bits per heavy atom. The molecule has 2 amide bonds. The average molecular weight is 492 g/mol. The summed E-state index contributed by atoms with van der Waals surface area (Å²) in [5.41, 5.74) is 3.76. The number of rotatable bonds is 7. The van der Waals surface area contributed by atoms with Crippen molar-refractivity contribution in [1.29, 1.82) is 0 Å². The van der Waals surface area contributed by atoms with E-state index in [2.05, 4.69) is 25.8 Å². The Balaban J connectivity index is 1.55. The number of aromatic nitrogens is 1. The molecule has 0 aliphatic rings. The van der Waals surface area contributed by atoms with Gasteiger partial charge < -0.3 is 14.8 Å². The second-order valence-electron chi connectivity index (χ2n) is 7.51. The van der Waals surface area contributed by atoms with Crippen LogP contribution in [-0.2, 0) is 19.6 Å². The molecule has 0 aliphatic carbocycles. The highest BCUT2D eigenvalue weighted by Gasteiger charge is 2.17. The molecule has 0 saturated carbocycles. The van der Waals surface area contributed by atoms with Gasteiger partial charge in [-0.05, 0) is 63.5 Å². The third-order valence-corrected chi connectivity index (χ3v) is 5.85. The molecule has 0 fully saturated rings. The van der Waals surface area contributed by atoms with Gasteiger partial charge in [0.05, 0.1) is 12.2 Å². The largest absolute Gasteiger partial charge is 0.345 e. The summed E-state index contributed by atoms with van der Waals surface area (Å²) in [4.78, 5) is 15.0. The lowest BCUT2D eigenvalue weighted by Crippen LogP contribution is -2.34. The van der Waals surface area contributed by atoms with E-state index in [-0.39, 0.29) is 11.8 Å². The fourth-order valence-electron chi connectivity index (χ4n) is 3.49. The zero-order valence-electron chi connectivity index (χ0n) is 17.4. The van der Waals surface area contributed by atoms with Crippen LogP contribution in [0.2, 0.25) is 0 Å². The minimum atomic E-state index is -0.251. The Labute approximate surface area is 195 Å². The predicted octanol–water partition coefficient (Wildman–Crippen LogP) is 6.67. The SMILES string of the molecule is O=C(Nc1ccccc1Br)N(Cc1ccccc1)Cc1cccn1Cc1ccc(F)cc1. The molecule has 0 bridgehead atoms. The molecule has 32 heavy (non-hydrogen) atoms. The van der Waals surface area contributed by atoms with Crippen LogP contribution >= 0.6 is 15.9 Å². The molecule has 0 unspecified atom stereocenters. The number of amides is 2. The van der Waals surface area contributed by atoms with Gasteiger partial charge in [0.2, 0.25) is 0 Å². The van der Waals surface area contributed by atoms with Crippen LogP contribution in [0.25, 0.3) is 0 Å². The van der Waals surface area contributed by atoms with Crippen LogP contribution in [0.3, 0.4) is 0 Å². The molecule has 6 heteroatoms. The second kappa shape index (κ2) is 10.3. The molecule has 3 aromatic carbocycles. The quantitative estimate of drug-likeness (QED) is 0.307. The maximum atomic E-state index is 13.3. The van der Waals surface area contributed by atoms with Crippen molar-refractivity contribution in [3.05, 3.63) is 124 Å². The first kappa shape index (κ1) is 21.8. The Morgan fingerprint density at radius 2 is 1.56 bits per heavy atom. The fourth-order valence-corrected chi connectivity index (χ4v) is 3.87. The fraction of sp³-hybridized carbons (Fsp3) is 0.115. The lowest BCUT2D eigenvalue weighted by molar-refractivity contribution is 0.205. The van der Waals surface area contributed by atoms with Gasteiger partial charge in [-0.1, -0.05) is 54.6 Å². The highest BCUT2D eigenvalue weighted by Crippen LogP contribution is 2.22. The topological polar surface area (TPSA) is 37.3 Å². The molecule has 1 aromatic heterocycles. The summed E-state index contributed by atoms with van der Waals surface area (Å²) in [7, 11) is 0. The van der Waals surface area contributed by atoms with Gasteiger partial charge in [-0.25, -0.2) is 9.18 Å². The molecular weight excluding hydrogens is 469 g/mol. The van der Waals surface area contributed by atoms with Crippen molar-refractivity contribution >= 4 is 27.6 Å². The molecule has 0 aliphatic heterocycles. The number of carbonyl (C=O) groups is 1. The highest BCUT2D eigenvalue weighted by atomic mass is 79.9. The first-order valence-corrected chi connectivity index (χ1v) is 11.1. The van der Waals surface area contributed by atoms with Crippen LogP contribution in [0.15, 0.2) is 102 Å². The number of urea groups is 1. The van der Waals surface area contributed by atoms with Gasteiger partial charge in [-0.2, -0.15) is 0 Å². The van der Waals surface area contributed by atoms with Gasteiger partial charge in [0, 0.05) is 29.5 Å². The van der Waals surface area contributed by atoms with E-state index < -0.39 is 0 Å². The van der Waals surface area contributed by atoms with Crippen LogP contribution in [0, 0.1) is 5.82 Å². The van der Waals surface area contributed by atoms with Crippen LogP contribution in [0.1, 0.15) is 16.8 Å². The molecular formula is C26H23BrFN3O. The Morgan fingerprint density at radius 1 is 0.844 bits per heavy atom. The van der Waals surface area contributed by atoms with E-state index >= 15 is 0 Å². The molecule has 0 saturated heterocycles. The lowest BCUT2D eigenvalue weighted by atomic mass is 10.2. The van der Waals surface area contributed by atoms with Crippen LogP contribution < -0.4 is 5.32 Å². The number of anilines is 1. The van der Waals surface area contributed by atoms with Crippen LogP contribution in [0.5, 0.6) is 0 Å². The lowest BCUT2D eigenvalue weighted by Gasteiger charge is -2.24. The van der Waals surface area contributed by atoms with E-state index in [4.69, 9.17) is 0 Å².